The molecule has 0 fully saturated rings. The second kappa shape index (κ2) is 10.4. The molecule has 5 rings (SSSR count). The van der Waals surface area contributed by atoms with Crippen LogP contribution in [0.15, 0.2) is 75.9 Å². The van der Waals surface area contributed by atoms with Gasteiger partial charge in [-0.1, -0.05) is 23.5 Å². The Morgan fingerprint density at radius 2 is 1.19 bits per heavy atom. The van der Waals surface area contributed by atoms with Gasteiger partial charge in [0.1, 0.15) is 13.2 Å². The third-order valence-corrected chi connectivity index (χ3v) is 12.8. The van der Waals surface area contributed by atoms with E-state index < -0.39 is 0 Å². The number of nitrogens with zero attached hydrogens (tertiary/aromatic N) is 2. The van der Waals surface area contributed by atoms with Gasteiger partial charge in [-0.05, 0) is 35.7 Å². The Morgan fingerprint density at radius 3 is 1.66 bits per heavy atom. The number of thioether (sulfide) groups is 6. The summed E-state index contributed by atoms with van der Waals surface area (Å²) in [6.07, 6.45) is 3.04. The lowest BCUT2D eigenvalue weighted by atomic mass is 10.4. The number of hydrogen-bond donors (Lipinski definition) is 0. The molecule has 0 unspecified atom stereocenters. The van der Waals surface area contributed by atoms with Crippen LogP contribution in [-0.2, 0) is 21.0 Å². The van der Waals surface area contributed by atoms with E-state index in [0.29, 0.717) is 36.1 Å². The Bertz CT molecular complexity index is 1050. The normalized spacial score (nSPS) is 18.1. The maximum Gasteiger partial charge on any atom is 0.208 e. The highest BCUT2D eigenvalue weighted by Gasteiger charge is 2.34. The molecule has 0 radical (unpaired) electrons. The van der Waals surface area contributed by atoms with E-state index in [0.717, 1.165) is 32.4 Å². The summed E-state index contributed by atoms with van der Waals surface area (Å²) in [5, 5.41) is 25.8. The summed E-state index contributed by atoms with van der Waals surface area (Å²) in [6, 6.07) is 10.9. The second-order valence-electron chi connectivity index (χ2n) is 6.44. The molecule has 12 heteroatoms. The standard InChI is InChI=1S/C20H16N2O4S6/c23-21-7-3-1-5-13(21)11-27-17-18(28-12-14-6-2-4-8-22(14)24)32-20(31-17)19-29-15-16(30-19)26-10-9-25-15/h1-8H,9-12H2. The molecule has 0 amide bonds. The van der Waals surface area contributed by atoms with Gasteiger partial charge in [-0.25, -0.2) is 0 Å². The molecule has 5 heterocycles. The molecule has 0 saturated carbocycles. The fourth-order valence-electron chi connectivity index (χ4n) is 2.76. The minimum Gasteiger partial charge on any atom is -0.618 e. The summed E-state index contributed by atoms with van der Waals surface area (Å²) in [5.74, 6) is 1.15. The topological polar surface area (TPSA) is 72.3 Å². The summed E-state index contributed by atoms with van der Waals surface area (Å²) in [4.78, 5) is 0. The highest BCUT2D eigenvalue weighted by molar-refractivity contribution is 8.42. The van der Waals surface area contributed by atoms with Crippen molar-refractivity contribution in [2.75, 3.05) is 13.2 Å². The molecule has 6 nitrogen and oxygen atoms in total. The van der Waals surface area contributed by atoms with E-state index >= 15 is 0 Å². The van der Waals surface area contributed by atoms with Gasteiger partial charge >= 0.3 is 0 Å². The third kappa shape index (κ3) is 5.15. The first-order valence-corrected chi connectivity index (χ1v) is 14.7. The molecule has 2 aromatic heterocycles. The van der Waals surface area contributed by atoms with Gasteiger partial charge in [-0.15, -0.1) is 23.5 Å². The van der Waals surface area contributed by atoms with E-state index in [-0.39, 0.29) is 0 Å². The first kappa shape index (κ1) is 22.6. The van der Waals surface area contributed by atoms with Crippen LogP contribution in [0.25, 0.3) is 0 Å². The average Bonchev–Trinajstić information content (AvgIpc) is 3.42. The minimum absolute atomic E-state index is 0.577. The predicted molar refractivity (Wildman–Crippen MR) is 137 cm³/mol. The van der Waals surface area contributed by atoms with Crippen LogP contribution in [0, 0.1) is 10.4 Å². The van der Waals surface area contributed by atoms with Gasteiger partial charge in [0, 0.05) is 24.3 Å². The van der Waals surface area contributed by atoms with Crippen molar-refractivity contribution in [1.82, 2.24) is 0 Å². The van der Waals surface area contributed by atoms with E-state index in [9.17, 15) is 10.4 Å². The molecule has 0 spiro atoms. The first-order chi connectivity index (χ1) is 15.7. The van der Waals surface area contributed by atoms with Gasteiger partial charge in [-0.2, -0.15) is 9.46 Å². The largest absolute Gasteiger partial charge is 0.618 e. The Morgan fingerprint density at radius 1 is 0.719 bits per heavy atom. The van der Waals surface area contributed by atoms with Gasteiger partial charge in [0.25, 0.3) is 0 Å². The molecule has 2 aromatic rings. The van der Waals surface area contributed by atoms with E-state index in [1.807, 2.05) is 24.3 Å². The van der Waals surface area contributed by atoms with Crippen LogP contribution in [0.1, 0.15) is 11.4 Å². The zero-order chi connectivity index (χ0) is 21.9. The summed E-state index contributed by atoms with van der Waals surface area (Å²) in [7, 11) is 0. The Balaban J connectivity index is 1.34. The summed E-state index contributed by atoms with van der Waals surface area (Å²) in [6.45, 7) is 1.16. The second-order valence-corrected chi connectivity index (χ2v) is 13.5. The van der Waals surface area contributed by atoms with Crippen LogP contribution in [0.3, 0.4) is 0 Å². The van der Waals surface area contributed by atoms with Crippen molar-refractivity contribution in [3.8, 4) is 0 Å². The van der Waals surface area contributed by atoms with Gasteiger partial charge in [0.2, 0.25) is 21.6 Å². The van der Waals surface area contributed by atoms with Crippen molar-refractivity contribution < 1.29 is 18.9 Å². The number of aromatic nitrogens is 2. The summed E-state index contributed by atoms with van der Waals surface area (Å²) < 4.78 is 17.9. The average molecular weight is 541 g/mol. The SMILES string of the molecule is [O-][n+]1ccccc1CSC1=C(SCc2cccc[n+]2[O-])SC(=C2SC3=C(OCCO3)S2)S1. The smallest absolute Gasteiger partial charge is 0.208 e. The molecule has 0 aliphatic carbocycles. The Hall–Kier alpha value is -1.18. The number of pyridine rings is 2. The minimum atomic E-state index is 0.577. The lowest BCUT2D eigenvalue weighted by Gasteiger charge is -2.13. The molecule has 0 N–H and O–H groups in total. The highest BCUT2D eigenvalue weighted by atomic mass is 32.3. The zero-order valence-electron chi connectivity index (χ0n) is 16.4. The van der Waals surface area contributed by atoms with Gasteiger partial charge < -0.3 is 19.9 Å². The van der Waals surface area contributed by atoms with Crippen LogP contribution in [0.4, 0.5) is 0 Å². The molecule has 0 atom stereocenters. The van der Waals surface area contributed by atoms with E-state index in [2.05, 4.69) is 0 Å². The van der Waals surface area contributed by atoms with Gasteiger partial charge in [0.15, 0.2) is 12.4 Å². The molecule has 3 aliphatic heterocycles. The number of ether oxygens (including phenoxy) is 2. The van der Waals surface area contributed by atoms with Gasteiger partial charge in [-0.3, -0.25) is 0 Å². The lowest BCUT2D eigenvalue weighted by Crippen LogP contribution is -2.30. The summed E-state index contributed by atoms with van der Waals surface area (Å²) in [5.41, 5.74) is 1.43. The van der Waals surface area contributed by atoms with E-state index in [1.54, 1.807) is 82.7 Å². The molecular weight excluding hydrogens is 525 g/mol. The van der Waals surface area contributed by atoms with Crippen LogP contribution in [0.5, 0.6) is 0 Å². The van der Waals surface area contributed by atoms with Crippen molar-refractivity contribution in [2.45, 2.75) is 11.5 Å². The lowest BCUT2D eigenvalue weighted by molar-refractivity contribution is -0.613. The van der Waals surface area contributed by atoms with Crippen LogP contribution in [-0.4, -0.2) is 13.2 Å². The predicted octanol–water partition coefficient (Wildman–Crippen LogP) is 5.51. The van der Waals surface area contributed by atoms with Gasteiger partial charge in [0.05, 0.1) is 28.5 Å². The fourth-order valence-corrected chi connectivity index (χ4v) is 11.1. The van der Waals surface area contributed by atoms with Crippen LogP contribution < -0.4 is 9.46 Å². The van der Waals surface area contributed by atoms with Crippen molar-refractivity contribution in [3.05, 3.63) is 97.7 Å². The van der Waals surface area contributed by atoms with Crippen molar-refractivity contribution in [3.63, 3.8) is 0 Å². The molecule has 3 aliphatic rings. The molecular formula is C20H16N2O4S6. The Kier molecular flexibility index (Phi) is 7.34. The van der Waals surface area contributed by atoms with E-state index in [1.165, 1.54) is 16.6 Å². The van der Waals surface area contributed by atoms with E-state index in [4.69, 9.17) is 9.47 Å². The summed E-state index contributed by atoms with van der Waals surface area (Å²) >= 11 is 9.95. The zero-order valence-corrected chi connectivity index (χ0v) is 21.3. The molecule has 0 aromatic carbocycles. The molecule has 0 bridgehead atoms. The fraction of sp³-hybridized carbons (Fsp3) is 0.200. The van der Waals surface area contributed by atoms with Crippen molar-refractivity contribution in [2.24, 2.45) is 0 Å². The first-order valence-electron chi connectivity index (χ1n) is 9.47. The van der Waals surface area contributed by atoms with Crippen LogP contribution >= 0.6 is 70.6 Å². The molecule has 0 saturated heterocycles. The quantitative estimate of drug-likeness (QED) is 0.346. The van der Waals surface area contributed by atoms with Crippen molar-refractivity contribution >= 4 is 70.6 Å². The van der Waals surface area contributed by atoms with Crippen molar-refractivity contribution in [1.29, 1.82) is 0 Å². The monoisotopic (exact) mass is 540 g/mol. The number of hydrogen-bond acceptors (Lipinski definition) is 10. The Labute approximate surface area is 210 Å². The maximum atomic E-state index is 12.1. The third-order valence-electron chi connectivity index (χ3n) is 4.30. The molecule has 166 valence electrons. The maximum absolute atomic E-state index is 12.1. The highest BCUT2D eigenvalue weighted by Crippen LogP contribution is 2.64. The molecule has 32 heavy (non-hydrogen) atoms. The van der Waals surface area contributed by atoms with Crippen LogP contribution in [0.2, 0.25) is 0 Å². The number of rotatable bonds is 6.